The van der Waals surface area contributed by atoms with Crippen LogP contribution in [-0.2, 0) is 0 Å². The lowest BCUT2D eigenvalue weighted by Crippen LogP contribution is -1.97. The molecule has 2 aliphatic carbocycles. The average molecular weight is 200 g/mol. The van der Waals surface area contributed by atoms with Gasteiger partial charge in [-0.1, -0.05) is 30.3 Å². The third-order valence-electron chi connectivity index (χ3n) is 2.86. The van der Waals surface area contributed by atoms with Crippen molar-refractivity contribution in [1.29, 1.82) is 0 Å². The van der Waals surface area contributed by atoms with Gasteiger partial charge in [0.25, 0.3) is 0 Å². The molecule has 0 unspecified atom stereocenters. The number of carboxylic acid groups (broad SMARTS) is 1. The van der Waals surface area contributed by atoms with Crippen molar-refractivity contribution in [1.82, 2.24) is 0 Å². The van der Waals surface area contributed by atoms with Gasteiger partial charge >= 0.3 is 5.97 Å². The lowest BCUT2D eigenvalue weighted by atomic mass is 10.1. The van der Waals surface area contributed by atoms with E-state index >= 15 is 0 Å². The van der Waals surface area contributed by atoms with Crippen LogP contribution in [0, 0.1) is 13.8 Å². The van der Waals surface area contributed by atoms with Crippen molar-refractivity contribution < 1.29 is 9.90 Å². The summed E-state index contributed by atoms with van der Waals surface area (Å²) in [6.07, 6.45) is 0. The Kier molecular flexibility index (Phi) is 2.19. The zero-order valence-electron chi connectivity index (χ0n) is 8.74. The first-order valence-corrected chi connectivity index (χ1v) is 4.84. The monoisotopic (exact) mass is 200 g/mol. The Morgan fingerprint density at radius 3 is 2.20 bits per heavy atom. The van der Waals surface area contributed by atoms with E-state index in [4.69, 9.17) is 5.11 Å². The van der Waals surface area contributed by atoms with E-state index in [1.807, 2.05) is 44.2 Å². The molecule has 0 amide bonds. The number of carboxylic acids is 1. The predicted octanol–water partition coefficient (Wildman–Crippen LogP) is 3.11. The van der Waals surface area contributed by atoms with Crippen LogP contribution in [0.2, 0.25) is 0 Å². The Hall–Kier alpha value is -1.83. The molecule has 76 valence electrons. The Morgan fingerprint density at radius 2 is 1.60 bits per heavy atom. The zero-order chi connectivity index (χ0) is 11.0. The minimum absolute atomic E-state index is 0.429. The molecule has 0 atom stereocenters. The van der Waals surface area contributed by atoms with Crippen molar-refractivity contribution in [2.24, 2.45) is 0 Å². The molecular weight excluding hydrogens is 188 g/mol. The van der Waals surface area contributed by atoms with Gasteiger partial charge in [0.15, 0.2) is 0 Å². The molecular formula is C13H12O2. The molecule has 2 heteroatoms. The zero-order valence-corrected chi connectivity index (χ0v) is 8.74. The van der Waals surface area contributed by atoms with Gasteiger partial charge < -0.3 is 5.11 Å². The molecule has 0 aromatic rings. The van der Waals surface area contributed by atoms with E-state index in [9.17, 15) is 4.79 Å². The maximum atomic E-state index is 11.2. The minimum Gasteiger partial charge on any atom is -0.478 e. The lowest BCUT2D eigenvalue weighted by Gasteiger charge is -1.95. The highest BCUT2D eigenvalue weighted by Gasteiger charge is 2.21. The van der Waals surface area contributed by atoms with Gasteiger partial charge in [-0.25, -0.2) is 4.79 Å². The number of hydrogen-bond acceptors (Lipinski definition) is 1. The third-order valence-corrected chi connectivity index (χ3v) is 2.86. The van der Waals surface area contributed by atoms with Crippen molar-refractivity contribution in [2.45, 2.75) is 13.8 Å². The smallest absolute Gasteiger partial charge is 0.336 e. The Morgan fingerprint density at radius 1 is 1.00 bits per heavy atom. The summed E-state index contributed by atoms with van der Waals surface area (Å²) in [5.41, 5.74) is 4.19. The summed E-state index contributed by atoms with van der Waals surface area (Å²) < 4.78 is 0. The molecule has 15 heavy (non-hydrogen) atoms. The second kappa shape index (κ2) is 3.39. The van der Waals surface area contributed by atoms with E-state index in [0.29, 0.717) is 5.56 Å². The van der Waals surface area contributed by atoms with Crippen LogP contribution in [0.3, 0.4) is 0 Å². The maximum absolute atomic E-state index is 11.2. The third kappa shape index (κ3) is 1.38. The molecule has 0 bridgehead atoms. The highest BCUT2D eigenvalue weighted by molar-refractivity contribution is 6.00. The molecule has 0 saturated heterocycles. The molecule has 0 aromatic carbocycles. The highest BCUT2D eigenvalue weighted by Crippen LogP contribution is 2.35. The second-order valence-corrected chi connectivity index (χ2v) is 3.67. The fourth-order valence-electron chi connectivity index (χ4n) is 1.96. The second-order valence-electron chi connectivity index (χ2n) is 3.67. The van der Waals surface area contributed by atoms with Crippen LogP contribution < -0.4 is 0 Å². The SMILES string of the molecule is Cc1c2cccccc-2c(C(=O)O)c1C. The van der Waals surface area contributed by atoms with Gasteiger partial charge in [0.1, 0.15) is 0 Å². The molecule has 2 nitrogen and oxygen atoms in total. The Balaban J connectivity index is 2.86. The van der Waals surface area contributed by atoms with Gasteiger partial charge in [-0.15, -0.1) is 0 Å². The number of carbonyl (C=O) groups is 1. The minimum atomic E-state index is -0.850. The van der Waals surface area contributed by atoms with Crippen LogP contribution in [0.15, 0.2) is 30.3 Å². The van der Waals surface area contributed by atoms with Crippen LogP contribution in [0.25, 0.3) is 11.1 Å². The molecule has 0 spiro atoms. The quantitative estimate of drug-likeness (QED) is 0.768. The van der Waals surface area contributed by atoms with Crippen molar-refractivity contribution >= 4 is 5.97 Å². The van der Waals surface area contributed by atoms with Crippen LogP contribution >= 0.6 is 0 Å². The van der Waals surface area contributed by atoms with Gasteiger partial charge in [0, 0.05) is 0 Å². The topological polar surface area (TPSA) is 37.3 Å². The lowest BCUT2D eigenvalue weighted by molar-refractivity contribution is 0.0697. The van der Waals surface area contributed by atoms with Crippen LogP contribution in [-0.4, -0.2) is 11.1 Å². The van der Waals surface area contributed by atoms with Gasteiger partial charge in [0.2, 0.25) is 0 Å². The van der Waals surface area contributed by atoms with E-state index < -0.39 is 5.97 Å². The van der Waals surface area contributed by atoms with Crippen LogP contribution in [0.4, 0.5) is 0 Å². The molecule has 0 radical (unpaired) electrons. The molecule has 1 N–H and O–H groups in total. The normalized spacial score (nSPS) is 10.5. The molecule has 0 saturated carbocycles. The van der Waals surface area contributed by atoms with Crippen LogP contribution in [0.1, 0.15) is 21.5 Å². The van der Waals surface area contributed by atoms with E-state index in [0.717, 1.165) is 22.3 Å². The van der Waals surface area contributed by atoms with Crippen molar-refractivity contribution in [2.75, 3.05) is 0 Å². The summed E-state index contributed by atoms with van der Waals surface area (Å²) in [5.74, 6) is -0.850. The summed E-state index contributed by atoms with van der Waals surface area (Å²) in [6, 6.07) is 9.53. The summed E-state index contributed by atoms with van der Waals surface area (Å²) in [7, 11) is 0. The maximum Gasteiger partial charge on any atom is 0.336 e. The summed E-state index contributed by atoms with van der Waals surface area (Å²) >= 11 is 0. The molecule has 2 aliphatic rings. The van der Waals surface area contributed by atoms with Crippen molar-refractivity contribution in [3.63, 3.8) is 0 Å². The molecule has 0 aromatic heterocycles. The van der Waals surface area contributed by atoms with E-state index in [-0.39, 0.29) is 0 Å². The van der Waals surface area contributed by atoms with Gasteiger partial charge in [-0.2, -0.15) is 0 Å². The summed E-state index contributed by atoms with van der Waals surface area (Å²) in [4.78, 5) is 11.2. The summed E-state index contributed by atoms with van der Waals surface area (Å²) in [6.45, 7) is 3.82. The van der Waals surface area contributed by atoms with Gasteiger partial charge in [-0.05, 0) is 36.1 Å². The fraction of sp³-hybridized carbons (Fsp3) is 0.154. The predicted molar refractivity (Wildman–Crippen MR) is 59.5 cm³/mol. The van der Waals surface area contributed by atoms with Gasteiger partial charge in [-0.3, -0.25) is 0 Å². The highest BCUT2D eigenvalue weighted by atomic mass is 16.4. The first-order valence-electron chi connectivity index (χ1n) is 4.84. The summed E-state index contributed by atoms with van der Waals surface area (Å²) in [5, 5.41) is 9.16. The fourth-order valence-corrected chi connectivity index (χ4v) is 1.96. The Bertz CT molecular complexity index is 500. The molecule has 0 fully saturated rings. The Labute approximate surface area is 88.5 Å². The van der Waals surface area contributed by atoms with Crippen molar-refractivity contribution in [3.8, 4) is 11.1 Å². The number of fused-ring (bicyclic) bond motifs is 1. The van der Waals surface area contributed by atoms with Crippen LogP contribution in [0.5, 0.6) is 0 Å². The number of hydrogen-bond donors (Lipinski definition) is 1. The van der Waals surface area contributed by atoms with E-state index in [1.54, 1.807) is 0 Å². The molecule has 0 heterocycles. The molecule has 0 aliphatic heterocycles. The standard InChI is InChI=1S/C13H12O2/c1-8-9(2)12(13(14)15)11-7-5-3-4-6-10(8)11/h3-7H,1-2H3,(H,14,15). The average Bonchev–Trinajstić information content (AvgIpc) is 2.40. The van der Waals surface area contributed by atoms with Gasteiger partial charge in [0.05, 0.1) is 5.56 Å². The first kappa shape index (κ1) is 9.71. The van der Waals surface area contributed by atoms with E-state index in [2.05, 4.69) is 0 Å². The molecule has 2 rings (SSSR count). The first-order chi connectivity index (χ1) is 7.13. The van der Waals surface area contributed by atoms with Crippen molar-refractivity contribution in [3.05, 3.63) is 47.0 Å². The van der Waals surface area contributed by atoms with E-state index in [1.165, 1.54) is 0 Å². The largest absolute Gasteiger partial charge is 0.478 e. The number of rotatable bonds is 1. The number of aromatic carboxylic acids is 1.